The van der Waals surface area contributed by atoms with Gasteiger partial charge in [0.05, 0.1) is 17.0 Å². The highest BCUT2D eigenvalue weighted by Gasteiger charge is 2.33. The van der Waals surface area contributed by atoms with Gasteiger partial charge in [-0.15, -0.1) is 11.3 Å². The van der Waals surface area contributed by atoms with Crippen LogP contribution in [0.2, 0.25) is 0 Å². The topological polar surface area (TPSA) is 85.9 Å². The zero-order chi connectivity index (χ0) is 21.5. The molecule has 2 amide bonds. The van der Waals surface area contributed by atoms with E-state index in [0.717, 1.165) is 27.4 Å². The average Bonchev–Trinajstić information content (AvgIpc) is 3.37. The van der Waals surface area contributed by atoms with E-state index in [9.17, 15) is 9.59 Å². The molecule has 1 atom stereocenters. The third kappa shape index (κ3) is 3.48. The molecule has 2 aliphatic heterocycles. The largest absolute Gasteiger partial charge is 0.497 e. The molecule has 0 saturated heterocycles. The summed E-state index contributed by atoms with van der Waals surface area (Å²) in [7, 11) is 1.60. The van der Waals surface area contributed by atoms with Crippen molar-refractivity contribution in [3.05, 3.63) is 64.0 Å². The van der Waals surface area contributed by atoms with Crippen LogP contribution in [0.1, 0.15) is 38.7 Å². The average molecular weight is 436 g/mol. The monoisotopic (exact) mass is 436 g/mol. The summed E-state index contributed by atoms with van der Waals surface area (Å²) in [5, 5.41) is 6.58. The number of carbonyl (C=O) groups excluding carboxylic acids is 2. The third-order valence-electron chi connectivity index (χ3n) is 5.54. The van der Waals surface area contributed by atoms with Gasteiger partial charge in [-0.05, 0) is 60.0 Å². The minimum Gasteiger partial charge on any atom is -0.497 e. The smallest absolute Gasteiger partial charge is 0.266 e. The van der Waals surface area contributed by atoms with Crippen molar-refractivity contribution in [3.63, 3.8) is 0 Å². The van der Waals surface area contributed by atoms with Gasteiger partial charge in [-0.3, -0.25) is 9.59 Å². The highest BCUT2D eigenvalue weighted by molar-refractivity contribution is 7.18. The number of carbonyl (C=O) groups is 2. The predicted molar refractivity (Wildman–Crippen MR) is 118 cm³/mol. The summed E-state index contributed by atoms with van der Waals surface area (Å²) in [4.78, 5) is 26.0. The zero-order valence-corrected chi connectivity index (χ0v) is 17.8. The van der Waals surface area contributed by atoms with Gasteiger partial charge in [0.2, 0.25) is 12.7 Å². The van der Waals surface area contributed by atoms with Crippen LogP contribution in [-0.4, -0.2) is 25.7 Å². The fraction of sp³-hybridized carbons (Fsp3) is 0.217. The first-order valence-electron chi connectivity index (χ1n) is 9.81. The lowest BCUT2D eigenvalue weighted by atomic mass is 9.84. The standard InChI is InChI=1S/C23H20N2O5S/c1-12-20-16(13-3-8-17-18(9-13)30-11-29-17)10-19(26)25-23(20)31-21(12)22(27)24-14-4-6-15(28-2)7-5-14/h3-9,16H,10-11H2,1-2H3,(H,24,27)(H,25,26)/t16-/m1/s1. The Morgan fingerprint density at radius 1 is 1.16 bits per heavy atom. The molecule has 5 rings (SSSR count). The lowest BCUT2D eigenvalue weighted by Gasteiger charge is -2.24. The molecule has 2 aromatic carbocycles. The summed E-state index contributed by atoms with van der Waals surface area (Å²) in [6.45, 7) is 2.12. The van der Waals surface area contributed by atoms with Crippen molar-refractivity contribution in [2.45, 2.75) is 19.3 Å². The number of hydrogen-bond donors (Lipinski definition) is 2. The summed E-state index contributed by atoms with van der Waals surface area (Å²) in [5.41, 5.74) is 3.48. The normalized spacial score (nSPS) is 16.5. The zero-order valence-electron chi connectivity index (χ0n) is 17.0. The maximum absolute atomic E-state index is 13.0. The number of rotatable bonds is 4. The van der Waals surface area contributed by atoms with Crippen molar-refractivity contribution < 1.29 is 23.8 Å². The maximum Gasteiger partial charge on any atom is 0.266 e. The van der Waals surface area contributed by atoms with E-state index in [1.54, 1.807) is 31.4 Å². The fourth-order valence-corrected chi connectivity index (χ4v) is 5.18. The van der Waals surface area contributed by atoms with Crippen molar-refractivity contribution in [1.82, 2.24) is 0 Å². The molecule has 2 aliphatic rings. The van der Waals surface area contributed by atoms with E-state index in [1.807, 2.05) is 25.1 Å². The van der Waals surface area contributed by atoms with Crippen molar-refractivity contribution in [1.29, 1.82) is 0 Å². The van der Waals surface area contributed by atoms with Crippen molar-refractivity contribution in [2.24, 2.45) is 0 Å². The number of thiophene rings is 1. The number of methoxy groups -OCH3 is 1. The van der Waals surface area contributed by atoms with E-state index in [1.165, 1.54) is 11.3 Å². The number of fused-ring (bicyclic) bond motifs is 2. The number of anilines is 2. The first-order chi connectivity index (χ1) is 15.0. The van der Waals surface area contributed by atoms with Crippen LogP contribution >= 0.6 is 11.3 Å². The lowest BCUT2D eigenvalue weighted by molar-refractivity contribution is -0.116. The van der Waals surface area contributed by atoms with Crippen LogP contribution in [0.3, 0.4) is 0 Å². The van der Waals surface area contributed by atoms with Crippen LogP contribution in [-0.2, 0) is 4.79 Å². The molecule has 0 fully saturated rings. The van der Waals surface area contributed by atoms with Gasteiger partial charge in [0.25, 0.3) is 5.91 Å². The van der Waals surface area contributed by atoms with Crippen molar-refractivity contribution in [2.75, 3.05) is 24.5 Å². The molecule has 31 heavy (non-hydrogen) atoms. The maximum atomic E-state index is 13.0. The van der Waals surface area contributed by atoms with Crippen LogP contribution in [0.15, 0.2) is 42.5 Å². The van der Waals surface area contributed by atoms with E-state index in [-0.39, 0.29) is 24.5 Å². The minimum absolute atomic E-state index is 0.0708. The van der Waals surface area contributed by atoms with Crippen LogP contribution in [0.5, 0.6) is 17.2 Å². The van der Waals surface area contributed by atoms with Gasteiger partial charge in [0.1, 0.15) is 5.75 Å². The van der Waals surface area contributed by atoms with E-state index in [2.05, 4.69) is 10.6 Å². The Morgan fingerprint density at radius 3 is 2.71 bits per heavy atom. The van der Waals surface area contributed by atoms with Gasteiger partial charge in [0, 0.05) is 18.0 Å². The molecule has 0 unspecified atom stereocenters. The lowest BCUT2D eigenvalue weighted by Crippen LogP contribution is -2.22. The molecule has 1 aromatic heterocycles. The predicted octanol–water partition coefficient (Wildman–Crippen LogP) is 4.52. The second-order valence-corrected chi connectivity index (χ2v) is 8.42. The van der Waals surface area contributed by atoms with Crippen molar-refractivity contribution in [3.8, 4) is 17.2 Å². The summed E-state index contributed by atoms with van der Waals surface area (Å²) in [6, 6.07) is 12.9. The van der Waals surface area contributed by atoms with E-state index >= 15 is 0 Å². The Kier molecular flexibility index (Phi) is 4.78. The first-order valence-corrected chi connectivity index (χ1v) is 10.6. The van der Waals surface area contributed by atoms with Crippen molar-refractivity contribution >= 4 is 33.8 Å². The second-order valence-electron chi connectivity index (χ2n) is 7.40. The minimum atomic E-state index is -0.208. The molecule has 2 N–H and O–H groups in total. The molecular weight excluding hydrogens is 416 g/mol. The fourth-order valence-electron chi connectivity index (χ4n) is 4.00. The van der Waals surface area contributed by atoms with Crippen LogP contribution < -0.4 is 24.8 Å². The number of hydrogen-bond acceptors (Lipinski definition) is 6. The number of benzene rings is 2. The third-order valence-corrected chi connectivity index (χ3v) is 6.76. The SMILES string of the molecule is COc1ccc(NC(=O)c2sc3c(c2C)[C@@H](c2ccc4c(c2)OCO4)CC(=O)N3)cc1. The molecule has 3 heterocycles. The molecule has 0 radical (unpaired) electrons. The molecule has 3 aromatic rings. The highest BCUT2D eigenvalue weighted by atomic mass is 32.1. The Hall–Kier alpha value is -3.52. The number of amides is 2. The number of ether oxygens (including phenoxy) is 3. The van der Waals surface area contributed by atoms with Gasteiger partial charge < -0.3 is 24.8 Å². The van der Waals surface area contributed by atoms with Gasteiger partial charge in [-0.1, -0.05) is 6.07 Å². The van der Waals surface area contributed by atoms with Gasteiger partial charge in [-0.25, -0.2) is 0 Å². The molecule has 0 bridgehead atoms. The molecule has 158 valence electrons. The molecule has 8 heteroatoms. The molecular formula is C23H20N2O5S. The van der Waals surface area contributed by atoms with E-state index in [4.69, 9.17) is 14.2 Å². The Morgan fingerprint density at radius 2 is 1.94 bits per heavy atom. The Balaban J connectivity index is 1.47. The van der Waals surface area contributed by atoms with E-state index < -0.39 is 0 Å². The first kappa shape index (κ1) is 19.4. The number of nitrogens with one attached hydrogen (secondary N) is 2. The van der Waals surface area contributed by atoms with E-state index in [0.29, 0.717) is 28.5 Å². The molecule has 0 aliphatic carbocycles. The summed E-state index contributed by atoms with van der Waals surface area (Å²) < 4.78 is 16.1. The Bertz CT molecular complexity index is 1190. The van der Waals surface area contributed by atoms with Crippen LogP contribution in [0.25, 0.3) is 0 Å². The van der Waals surface area contributed by atoms with Gasteiger partial charge in [0.15, 0.2) is 11.5 Å². The molecule has 0 spiro atoms. The quantitative estimate of drug-likeness (QED) is 0.628. The van der Waals surface area contributed by atoms with Crippen LogP contribution in [0.4, 0.5) is 10.7 Å². The molecule has 7 nitrogen and oxygen atoms in total. The van der Waals surface area contributed by atoms with Crippen LogP contribution in [0, 0.1) is 6.92 Å². The Labute approximate surface area is 182 Å². The summed E-state index contributed by atoms with van der Waals surface area (Å²) in [5.74, 6) is 1.66. The van der Waals surface area contributed by atoms with Gasteiger partial charge >= 0.3 is 0 Å². The molecule has 0 saturated carbocycles. The summed E-state index contributed by atoms with van der Waals surface area (Å²) in [6.07, 6.45) is 0.309. The second kappa shape index (κ2) is 7.63. The van der Waals surface area contributed by atoms with Gasteiger partial charge in [-0.2, -0.15) is 0 Å². The highest BCUT2D eigenvalue weighted by Crippen LogP contribution is 2.47. The summed E-state index contributed by atoms with van der Waals surface area (Å²) >= 11 is 1.30.